The second-order valence-electron chi connectivity index (χ2n) is 8.12. The number of benzene rings is 3. The highest BCUT2D eigenvalue weighted by Gasteiger charge is 2.30. The van der Waals surface area contributed by atoms with Gasteiger partial charge in [-0.3, -0.25) is 4.79 Å². The van der Waals surface area contributed by atoms with Crippen LogP contribution in [0.25, 0.3) is 0 Å². The number of para-hydroxylation sites is 1. The van der Waals surface area contributed by atoms with Gasteiger partial charge in [0.05, 0.1) is 13.7 Å². The van der Waals surface area contributed by atoms with E-state index in [1.165, 1.54) is 11.4 Å². The van der Waals surface area contributed by atoms with Crippen LogP contribution in [-0.2, 0) is 34.2 Å². The minimum Gasteiger partial charge on any atom is -0.495 e. The van der Waals surface area contributed by atoms with E-state index in [9.17, 15) is 13.2 Å². The van der Waals surface area contributed by atoms with Gasteiger partial charge in [-0.2, -0.15) is 4.31 Å². The summed E-state index contributed by atoms with van der Waals surface area (Å²) in [5, 5.41) is 2.98. The fraction of sp³-hybridized carbons (Fsp3) is 0.296. The highest BCUT2D eigenvalue weighted by molar-refractivity contribution is 7.89. The summed E-state index contributed by atoms with van der Waals surface area (Å²) in [6.45, 7) is 5.61. The first-order valence-electron chi connectivity index (χ1n) is 11.4. The van der Waals surface area contributed by atoms with Crippen LogP contribution in [0.15, 0.2) is 71.6 Å². The number of sulfonamides is 1. The van der Waals surface area contributed by atoms with Gasteiger partial charge in [0.15, 0.2) is 0 Å². The number of hydrogen-bond acceptors (Lipinski definition) is 4. The van der Waals surface area contributed by atoms with Crippen LogP contribution in [0.4, 0.5) is 5.69 Å². The number of ether oxygens (including phenoxy) is 1. The Morgan fingerprint density at radius 1 is 0.941 bits per heavy atom. The Morgan fingerprint density at radius 2 is 1.59 bits per heavy atom. The lowest BCUT2D eigenvalue weighted by atomic mass is 10.0. The van der Waals surface area contributed by atoms with Crippen molar-refractivity contribution in [1.82, 2.24) is 4.31 Å². The number of methoxy groups -OCH3 is 1. The normalized spacial score (nSPS) is 11.4. The maximum atomic E-state index is 13.8. The molecule has 1 amide bonds. The monoisotopic (exact) mass is 480 g/mol. The van der Waals surface area contributed by atoms with Crippen molar-refractivity contribution >= 4 is 21.6 Å². The van der Waals surface area contributed by atoms with Gasteiger partial charge in [-0.05, 0) is 54.2 Å². The number of amides is 1. The molecule has 0 fully saturated rings. The largest absolute Gasteiger partial charge is 0.495 e. The average Bonchev–Trinajstić information content (AvgIpc) is 2.84. The predicted octanol–water partition coefficient (Wildman–Crippen LogP) is 4.96. The fourth-order valence-corrected chi connectivity index (χ4v) is 5.50. The van der Waals surface area contributed by atoms with E-state index in [-0.39, 0.29) is 29.6 Å². The molecule has 7 heteroatoms. The maximum absolute atomic E-state index is 13.8. The molecule has 0 saturated heterocycles. The van der Waals surface area contributed by atoms with Crippen LogP contribution < -0.4 is 10.1 Å². The fourth-order valence-electron chi connectivity index (χ4n) is 3.88. The number of rotatable bonds is 10. The number of nitrogens with zero attached hydrogens (tertiary/aromatic N) is 1. The lowest BCUT2D eigenvalue weighted by Gasteiger charge is -2.24. The van der Waals surface area contributed by atoms with Crippen molar-refractivity contribution < 1.29 is 17.9 Å². The van der Waals surface area contributed by atoms with Crippen LogP contribution in [-0.4, -0.2) is 32.3 Å². The maximum Gasteiger partial charge on any atom is 0.247 e. The van der Waals surface area contributed by atoms with Crippen molar-refractivity contribution in [1.29, 1.82) is 0 Å². The minimum atomic E-state index is -4.04. The highest BCUT2D eigenvalue weighted by atomic mass is 32.2. The number of anilines is 1. The van der Waals surface area contributed by atoms with Gasteiger partial charge in [0, 0.05) is 12.2 Å². The third-order valence-electron chi connectivity index (χ3n) is 5.72. The van der Waals surface area contributed by atoms with Gasteiger partial charge in [0.1, 0.15) is 10.6 Å². The quantitative estimate of drug-likeness (QED) is 0.445. The highest BCUT2D eigenvalue weighted by Crippen LogP contribution is 2.29. The minimum absolute atomic E-state index is 0.0435. The van der Waals surface area contributed by atoms with Gasteiger partial charge in [0.25, 0.3) is 0 Å². The Bertz CT molecular complexity index is 1220. The van der Waals surface area contributed by atoms with Gasteiger partial charge < -0.3 is 10.1 Å². The summed E-state index contributed by atoms with van der Waals surface area (Å²) in [5.74, 6) is -0.143. The number of nitrogens with one attached hydrogen (secondary N) is 1. The Hall–Kier alpha value is -3.16. The first-order valence-corrected chi connectivity index (χ1v) is 12.8. The molecule has 0 aliphatic carbocycles. The molecule has 6 nitrogen and oxygen atoms in total. The molecule has 0 bridgehead atoms. The molecule has 0 unspecified atom stereocenters. The SMILES string of the molecule is CCc1cccc(CC)c1NC(=O)CN(Cc1ccccc1)S(=O)(=O)c1cc(C)ccc1OC. The van der Waals surface area contributed by atoms with E-state index in [1.807, 2.05) is 69.3 Å². The van der Waals surface area contributed by atoms with E-state index in [4.69, 9.17) is 4.74 Å². The van der Waals surface area contributed by atoms with E-state index in [2.05, 4.69) is 5.32 Å². The zero-order valence-corrected chi connectivity index (χ0v) is 21.0. The van der Waals surface area contributed by atoms with Gasteiger partial charge in [0.2, 0.25) is 15.9 Å². The molecule has 0 radical (unpaired) electrons. The Morgan fingerprint density at radius 3 is 2.18 bits per heavy atom. The summed E-state index contributed by atoms with van der Waals surface area (Å²) < 4.78 is 34.1. The van der Waals surface area contributed by atoms with Crippen molar-refractivity contribution in [2.45, 2.75) is 45.1 Å². The summed E-state index contributed by atoms with van der Waals surface area (Å²) in [4.78, 5) is 13.2. The first kappa shape index (κ1) is 25.5. The van der Waals surface area contributed by atoms with Gasteiger partial charge in [-0.1, -0.05) is 68.4 Å². The predicted molar refractivity (Wildman–Crippen MR) is 136 cm³/mol. The molecule has 0 atom stereocenters. The van der Waals surface area contributed by atoms with Gasteiger partial charge in [-0.15, -0.1) is 0 Å². The van der Waals surface area contributed by atoms with Crippen LogP contribution in [0.5, 0.6) is 5.75 Å². The summed E-state index contributed by atoms with van der Waals surface area (Å²) in [6.07, 6.45) is 1.52. The van der Waals surface area contributed by atoms with E-state index in [1.54, 1.807) is 18.2 Å². The topological polar surface area (TPSA) is 75.7 Å². The molecule has 1 N–H and O–H groups in total. The molecule has 3 aromatic rings. The van der Waals surface area contributed by atoms with Crippen molar-refractivity contribution in [3.8, 4) is 5.75 Å². The summed E-state index contributed by atoms with van der Waals surface area (Å²) >= 11 is 0. The zero-order chi connectivity index (χ0) is 24.7. The number of aryl methyl sites for hydroxylation is 3. The van der Waals surface area contributed by atoms with Crippen molar-refractivity contribution in [2.24, 2.45) is 0 Å². The summed E-state index contributed by atoms with van der Waals surface area (Å²) in [7, 11) is -2.60. The van der Waals surface area contributed by atoms with Crippen LogP contribution >= 0.6 is 0 Å². The molecule has 3 aromatic carbocycles. The van der Waals surface area contributed by atoms with Crippen molar-refractivity contribution in [3.05, 3.63) is 89.0 Å². The lowest BCUT2D eigenvalue weighted by Crippen LogP contribution is -2.38. The van der Waals surface area contributed by atoms with E-state index in [0.29, 0.717) is 0 Å². The summed E-state index contributed by atoms with van der Waals surface area (Å²) in [5.41, 5.74) is 4.38. The van der Waals surface area contributed by atoms with E-state index < -0.39 is 10.0 Å². The lowest BCUT2D eigenvalue weighted by molar-refractivity contribution is -0.116. The number of hydrogen-bond donors (Lipinski definition) is 1. The van der Waals surface area contributed by atoms with Crippen LogP contribution in [0.3, 0.4) is 0 Å². The summed E-state index contributed by atoms with van der Waals surface area (Å²) in [6, 6.07) is 20.2. The smallest absolute Gasteiger partial charge is 0.247 e. The van der Waals surface area contributed by atoms with Gasteiger partial charge >= 0.3 is 0 Å². The first-order chi connectivity index (χ1) is 16.3. The molecule has 0 saturated carbocycles. The standard InChI is InChI=1S/C27H32N2O4S/c1-5-22-13-10-14-23(6-2)27(22)28-26(30)19-29(18-21-11-8-7-9-12-21)34(31,32)25-17-20(3)15-16-24(25)33-4/h7-17H,5-6,18-19H2,1-4H3,(H,28,30). The van der Waals surface area contributed by atoms with Crippen LogP contribution in [0.2, 0.25) is 0 Å². The molecule has 0 spiro atoms. The molecule has 0 aromatic heterocycles. The second-order valence-corrected chi connectivity index (χ2v) is 10.0. The molecular weight excluding hydrogens is 448 g/mol. The van der Waals surface area contributed by atoms with E-state index >= 15 is 0 Å². The molecule has 34 heavy (non-hydrogen) atoms. The number of carbonyl (C=O) groups excluding carboxylic acids is 1. The Kier molecular flexibility index (Phi) is 8.47. The Balaban J connectivity index is 1.98. The average molecular weight is 481 g/mol. The third kappa shape index (κ3) is 5.85. The second kappa shape index (κ2) is 11.3. The van der Waals surface area contributed by atoms with Crippen LogP contribution in [0, 0.1) is 6.92 Å². The Labute approximate surface area is 202 Å². The zero-order valence-electron chi connectivity index (χ0n) is 20.2. The van der Waals surface area contributed by atoms with Crippen molar-refractivity contribution in [2.75, 3.05) is 19.0 Å². The molecule has 180 valence electrons. The molecule has 0 aliphatic heterocycles. The molecule has 0 aliphatic rings. The molecular formula is C27H32N2O4S. The third-order valence-corrected chi connectivity index (χ3v) is 7.53. The van der Waals surface area contributed by atoms with Crippen molar-refractivity contribution in [3.63, 3.8) is 0 Å². The molecule has 3 rings (SSSR count). The van der Waals surface area contributed by atoms with Crippen LogP contribution in [0.1, 0.15) is 36.1 Å². The van der Waals surface area contributed by atoms with E-state index in [0.717, 1.165) is 40.8 Å². The molecule has 0 heterocycles. The van der Waals surface area contributed by atoms with Gasteiger partial charge in [-0.25, -0.2) is 8.42 Å². The number of carbonyl (C=O) groups is 1.